The third kappa shape index (κ3) is 6.90. The Balaban J connectivity index is 0.00000109. The molecule has 0 radical (unpaired) electrons. The maximum Gasteiger partial charge on any atom is 0.394 e. The second kappa shape index (κ2) is 16.5. The molecule has 2 bridgehead atoms. The van der Waals surface area contributed by atoms with Crippen molar-refractivity contribution in [2.75, 3.05) is 59.0 Å². The average Bonchev–Trinajstić information content (AvgIpc) is 3.95. The molecule has 3 aromatic rings. The van der Waals surface area contributed by atoms with E-state index in [1.165, 1.54) is 33.2 Å². The van der Waals surface area contributed by atoms with E-state index in [4.69, 9.17) is 36.5 Å². The van der Waals surface area contributed by atoms with Crippen molar-refractivity contribution in [2.24, 2.45) is 11.3 Å². The number of methoxy groups -OCH3 is 3. The number of amides is 1. The first-order valence-corrected chi connectivity index (χ1v) is 23.4. The molecule has 2 aromatic carbocycles. The number of nitrogens with one attached hydrogen (secondary N) is 1. The fraction of sp³-hybridized carbons (Fsp3) is 0.565. The number of nitrogens with zero attached hydrogens (tertiary/aromatic N) is 3. The molecule has 10 atom stereocenters. The number of fused-ring (bicyclic) bond motifs is 6. The second-order valence-corrected chi connectivity index (χ2v) is 19.4. The second-order valence-electron chi connectivity index (χ2n) is 18.6. The van der Waals surface area contributed by atoms with Gasteiger partial charge in [0.1, 0.15) is 11.2 Å². The van der Waals surface area contributed by atoms with Crippen LogP contribution in [-0.4, -0.2) is 150 Å². The van der Waals surface area contributed by atoms with Gasteiger partial charge < -0.3 is 39.0 Å². The molecule has 6 heterocycles. The van der Waals surface area contributed by atoms with Crippen LogP contribution < -0.4 is 9.64 Å². The molecule has 1 aromatic heterocycles. The number of hydrogen-bond donors (Lipinski definition) is 5. The number of benzene rings is 2. The number of para-hydroxylation sites is 1. The van der Waals surface area contributed by atoms with E-state index in [0.717, 1.165) is 16.5 Å². The summed E-state index contributed by atoms with van der Waals surface area (Å²) in [5, 5.41) is 26.3. The number of rotatable bonds is 8. The average molecular weight is 923 g/mol. The van der Waals surface area contributed by atoms with E-state index < -0.39 is 73.9 Å². The maximum atomic E-state index is 15.3. The van der Waals surface area contributed by atoms with E-state index in [2.05, 4.69) is 20.9 Å². The van der Waals surface area contributed by atoms with Crippen molar-refractivity contribution in [2.45, 2.75) is 99.5 Å². The zero-order chi connectivity index (χ0) is 47.1. The molecule has 18 nitrogen and oxygen atoms in total. The van der Waals surface area contributed by atoms with Gasteiger partial charge in [0, 0.05) is 78.2 Å². The van der Waals surface area contributed by atoms with Crippen LogP contribution in [0.1, 0.15) is 75.3 Å². The van der Waals surface area contributed by atoms with E-state index in [1.807, 2.05) is 50.3 Å². The summed E-state index contributed by atoms with van der Waals surface area (Å²) in [5.74, 6) is -2.06. The molecule has 1 spiro atoms. The lowest BCUT2D eigenvalue weighted by atomic mass is 9.47. The van der Waals surface area contributed by atoms with Gasteiger partial charge in [0.15, 0.2) is 6.10 Å². The highest BCUT2D eigenvalue weighted by molar-refractivity contribution is 7.79. The molecular formula is C46H58N4O14S. The minimum Gasteiger partial charge on any atom is -0.496 e. The van der Waals surface area contributed by atoms with Crippen LogP contribution in [0, 0.1) is 11.3 Å². The first kappa shape index (κ1) is 46.6. The molecule has 65 heavy (non-hydrogen) atoms. The Kier molecular flexibility index (Phi) is 11.8. The number of esters is 3. The van der Waals surface area contributed by atoms with Gasteiger partial charge in [0.05, 0.1) is 38.7 Å². The van der Waals surface area contributed by atoms with Crippen molar-refractivity contribution < 1.29 is 65.9 Å². The quantitative estimate of drug-likeness (QED) is 0.0717. The molecular weight excluding hydrogens is 865 g/mol. The summed E-state index contributed by atoms with van der Waals surface area (Å²) >= 11 is 0. The first-order chi connectivity index (χ1) is 30.8. The zero-order valence-electron chi connectivity index (χ0n) is 37.4. The number of ether oxygens (including phenoxy) is 4. The van der Waals surface area contributed by atoms with Gasteiger partial charge in [-0.2, -0.15) is 8.42 Å². The number of hydrogen-bond acceptors (Lipinski definition) is 14. The highest BCUT2D eigenvalue weighted by Crippen LogP contribution is 2.68. The van der Waals surface area contributed by atoms with Gasteiger partial charge in [-0.15, -0.1) is 0 Å². The fourth-order valence-corrected chi connectivity index (χ4v) is 13.4. The van der Waals surface area contributed by atoms with Crippen LogP contribution in [0.15, 0.2) is 48.6 Å². The molecule has 5 N–H and O–H groups in total. The van der Waals surface area contributed by atoms with E-state index in [-0.39, 0.29) is 12.3 Å². The normalized spacial score (nSPS) is 34.6. The minimum atomic E-state index is -4.67. The highest BCUT2D eigenvalue weighted by Gasteiger charge is 2.81. The van der Waals surface area contributed by atoms with Crippen molar-refractivity contribution in [3.8, 4) is 5.75 Å². The summed E-state index contributed by atoms with van der Waals surface area (Å²) in [6.45, 7) is 8.16. The van der Waals surface area contributed by atoms with Gasteiger partial charge in [-0.05, 0) is 74.2 Å². The number of aromatic amines is 1. The van der Waals surface area contributed by atoms with Gasteiger partial charge >= 0.3 is 28.3 Å². The Morgan fingerprint density at radius 3 is 2.29 bits per heavy atom. The lowest BCUT2D eigenvalue weighted by Gasteiger charge is -2.63. The summed E-state index contributed by atoms with van der Waals surface area (Å²) in [7, 11) is -0.577. The van der Waals surface area contributed by atoms with Crippen LogP contribution in [0.25, 0.3) is 10.9 Å². The number of carbonyl (C=O) groups excluding carboxylic acids is 4. The predicted octanol–water partition coefficient (Wildman–Crippen LogP) is 2.86. The lowest BCUT2D eigenvalue weighted by Crippen LogP contribution is -2.81. The van der Waals surface area contributed by atoms with Gasteiger partial charge in [-0.1, -0.05) is 44.2 Å². The Morgan fingerprint density at radius 2 is 1.66 bits per heavy atom. The SMILES string of the molecule is CC[C@@]1(O)C[C@H]2CN(CCc3c([nH]c4ccccc34)[C@](C(=O)OC)(c3cc4c(cc3OC)N(C=O)[C@@H]3[C@](O)(C(=O)OC)[C@@H](OC(C)=O)[C@@]5(CC)C=CCN6CC[C@@]43[C@H]65)C2)C1.O=S(=O)(O)O. The van der Waals surface area contributed by atoms with Gasteiger partial charge in [-0.3, -0.25) is 33.3 Å². The van der Waals surface area contributed by atoms with Crippen LogP contribution in [0.2, 0.25) is 0 Å². The number of anilines is 1. The summed E-state index contributed by atoms with van der Waals surface area (Å²) < 4.78 is 55.3. The van der Waals surface area contributed by atoms with Crippen molar-refractivity contribution in [1.82, 2.24) is 14.8 Å². The van der Waals surface area contributed by atoms with Crippen LogP contribution in [0.5, 0.6) is 5.75 Å². The van der Waals surface area contributed by atoms with Crippen molar-refractivity contribution in [1.29, 1.82) is 0 Å². The Morgan fingerprint density at radius 1 is 0.954 bits per heavy atom. The van der Waals surface area contributed by atoms with Gasteiger partial charge in [-0.25, -0.2) is 4.79 Å². The molecule has 6 aliphatic rings. The zero-order valence-corrected chi connectivity index (χ0v) is 38.2. The third-order valence-electron chi connectivity index (χ3n) is 15.5. The number of piperidine rings is 1. The van der Waals surface area contributed by atoms with Crippen molar-refractivity contribution >= 4 is 51.3 Å². The van der Waals surface area contributed by atoms with Crippen LogP contribution in [0.4, 0.5) is 5.69 Å². The predicted molar refractivity (Wildman–Crippen MR) is 235 cm³/mol. The van der Waals surface area contributed by atoms with Gasteiger partial charge in [0.2, 0.25) is 12.0 Å². The van der Waals surface area contributed by atoms with Crippen LogP contribution >= 0.6 is 0 Å². The molecule has 2 saturated heterocycles. The summed E-state index contributed by atoms with van der Waals surface area (Å²) in [6, 6.07) is 9.97. The Labute approximate surface area is 377 Å². The Hall–Kier alpha value is -4.89. The summed E-state index contributed by atoms with van der Waals surface area (Å²) in [5.41, 5.74) is -3.15. The molecule has 3 fully saturated rings. The van der Waals surface area contributed by atoms with E-state index >= 15 is 4.79 Å². The molecule has 5 aliphatic heterocycles. The molecule has 1 aliphatic carbocycles. The lowest BCUT2D eigenvalue weighted by molar-refractivity contribution is -0.228. The topological polar surface area (TPSA) is 246 Å². The largest absolute Gasteiger partial charge is 0.496 e. The smallest absolute Gasteiger partial charge is 0.394 e. The van der Waals surface area contributed by atoms with Crippen LogP contribution in [0.3, 0.4) is 0 Å². The van der Waals surface area contributed by atoms with E-state index in [0.29, 0.717) is 99.5 Å². The molecule has 352 valence electrons. The number of H-pyrrole nitrogens is 1. The Bertz CT molecular complexity index is 2560. The summed E-state index contributed by atoms with van der Waals surface area (Å²) in [6.07, 6.45) is 5.83. The maximum absolute atomic E-state index is 15.3. The first-order valence-electron chi connectivity index (χ1n) is 22.0. The van der Waals surface area contributed by atoms with Gasteiger partial charge in [0.25, 0.3) is 0 Å². The highest BCUT2D eigenvalue weighted by atomic mass is 32.3. The van der Waals surface area contributed by atoms with Crippen molar-refractivity contribution in [3.63, 3.8) is 0 Å². The van der Waals surface area contributed by atoms with E-state index in [1.54, 1.807) is 6.07 Å². The minimum absolute atomic E-state index is 0.155. The fourth-order valence-electron chi connectivity index (χ4n) is 13.4. The standard InChI is InChI=1S/C46H56N4O10.H2O4S/c1-7-42(55)22-28-23-45(40(53)58-5,36-30(14-18-48(24-28)25-42)29-12-9-10-13-33(29)47-36)32-20-31-34(21-35(32)57-4)50(26-51)38-44(31)16-19-49-17-11-15-43(8-2,37(44)49)39(60-27(3)52)46(38,56)41(54)59-6;1-5(2,3)4/h9-13,15,20-21,26,28,37-39,47,55-56H,7-8,14,16-19,22-25H2,1-6H3;(H2,1,2,3,4)/t28-,37-,38+,39+,42-,43+,44+,45-,46-;/m1./s1. The monoisotopic (exact) mass is 922 g/mol. The molecule has 9 rings (SSSR count). The molecule has 1 saturated carbocycles. The number of carbonyl (C=O) groups is 4. The molecule has 1 amide bonds. The molecule has 19 heteroatoms. The third-order valence-corrected chi connectivity index (χ3v) is 15.5. The van der Waals surface area contributed by atoms with Crippen LogP contribution in [-0.2, 0) is 61.0 Å². The van der Waals surface area contributed by atoms with E-state index in [9.17, 15) is 24.6 Å². The summed E-state index contributed by atoms with van der Waals surface area (Å²) in [4.78, 5) is 66.1. The number of aromatic nitrogens is 1. The number of aliphatic hydroxyl groups is 2. The molecule has 1 unspecified atom stereocenters. The van der Waals surface area contributed by atoms with Crippen molar-refractivity contribution in [3.05, 3.63) is 70.9 Å².